The predicted octanol–water partition coefficient (Wildman–Crippen LogP) is 7.75. The number of carbonyl (C=O) groups excluding carboxylic acids is 2. The third-order valence-electron chi connectivity index (χ3n) is 6.70. The van der Waals surface area contributed by atoms with Crippen molar-refractivity contribution in [2.24, 2.45) is 5.92 Å². The minimum atomic E-state index is -0.915. The third-order valence-corrected chi connectivity index (χ3v) is 7.44. The lowest BCUT2D eigenvalue weighted by Gasteiger charge is -2.20. The number of anilines is 1. The summed E-state index contributed by atoms with van der Waals surface area (Å²) in [4.78, 5) is 36.5. The molecule has 0 spiro atoms. The fraction of sp³-hybridized carbons (Fsp3) is 0.300. The van der Waals surface area contributed by atoms with E-state index in [4.69, 9.17) is 27.9 Å². The van der Waals surface area contributed by atoms with E-state index in [0.717, 1.165) is 31.2 Å². The molecule has 1 amide bonds. The second kappa shape index (κ2) is 12.9. The number of carboxylic acid groups (broad SMARTS) is 1. The molecule has 2 N–H and O–H groups in total. The topological polar surface area (TPSA) is 92.7 Å². The highest BCUT2D eigenvalue weighted by Crippen LogP contribution is 2.31. The van der Waals surface area contributed by atoms with Gasteiger partial charge < -0.3 is 15.2 Å². The van der Waals surface area contributed by atoms with Crippen LogP contribution in [0.25, 0.3) is 0 Å². The molecule has 38 heavy (non-hydrogen) atoms. The number of nitrogens with one attached hydrogen (secondary N) is 1. The third kappa shape index (κ3) is 7.59. The summed E-state index contributed by atoms with van der Waals surface area (Å²) in [6.07, 6.45) is 6.08. The number of Topliss-reactive ketones (excluding diaryl/α,β-unsaturated/α-hetero) is 1. The molecule has 0 saturated heterocycles. The van der Waals surface area contributed by atoms with E-state index in [1.807, 2.05) is 6.07 Å². The molecule has 4 rings (SSSR count). The van der Waals surface area contributed by atoms with Gasteiger partial charge in [0.05, 0.1) is 16.5 Å². The molecule has 0 unspecified atom stereocenters. The number of aryl methyl sites for hydroxylation is 1. The van der Waals surface area contributed by atoms with E-state index in [1.165, 1.54) is 12.5 Å². The molecule has 1 fully saturated rings. The van der Waals surface area contributed by atoms with Crippen molar-refractivity contribution in [2.75, 3.05) is 5.32 Å². The molecule has 198 valence electrons. The Morgan fingerprint density at radius 3 is 2.32 bits per heavy atom. The van der Waals surface area contributed by atoms with Crippen LogP contribution in [0, 0.1) is 5.92 Å². The van der Waals surface area contributed by atoms with Crippen LogP contribution in [-0.2, 0) is 22.4 Å². The zero-order chi connectivity index (χ0) is 27.1. The quantitative estimate of drug-likeness (QED) is 0.267. The summed E-state index contributed by atoms with van der Waals surface area (Å²) in [6.45, 7) is 0. The van der Waals surface area contributed by atoms with Crippen molar-refractivity contribution >= 4 is 46.5 Å². The van der Waals surface area contributed by atoms with Gasteiger partial charge in [-0.05, 0) is 78.9 Å². The summed E-state index contributed by atoms with van der Waals surface area (Å²) in [7, 11) is 0. The Morgan fingerprint density at radius 1 is 0.895 bits per heavy atom. The van der Waals surface area contributed by atoms with Crippen LogP contribution >= 0.6 is 23.2 Å². The maximum absolute atomic E-state index is 12.8. The van der Waals surface area contributed by atoms with Gasteiger partial charge in [0, 0.05) is 23.6 Å². The number of rotatable bonds is 10. The number of carboxylic acids is 1. The zero-order valence-corrected chi connectivity index (χ0v) is 22.4. The number of hydrogen-bond acceptors (Lipinski definition) is 4. The molecule has 1 saturated carbocycles. The molecule has 3 aromatic rings. The minimum Gasteiger partial charge on any atom is -0.481 e. The highest BCUT2D eigenvalue weighted by Gasteiger charge is 2.21. The smallest absolute Gasteiger partial charge is 0.307 e. The number of aliphatic carboxylic acids is 1. The first-order valence-electron chi connectivity index (χ1n) is 12.7. The van der Waals surface area contributed by atoms with Crippen molar-refractivity contribution in [3.05, 3.63) is 87.4 Å². The molecule has 1 aliphatic carbocycles. The molecule has 1 aliphatic rings. The zero-order valence-electron chi connectivity index (χ0n) is 20.8. The molecule has 0 aromatic heterocycles. The van der Waals surface area contributed by atoms with E-state index < -0.39 is 5.97 Å². The molecule has 0 radical (unpaired) electrons. The fourth-order valence-electron chi connectivity index (χ4n) is 4.67. The number of hydrogen-bond donors (Lipinski definition) is 2. The molecular weight excluding hydrogens is 525 g/mol. The van der Waals surface area contributed by atoms with Gasteiger partial charge in [-0.25, -0.2) is 0 Å². The molecular formula is C30H29Cl2NO5. The van der Waals surface area contributed by atoms with Gasteiger partial charge in [0.25, 0.3) is 5.91 Å². The average molecular weight is 554 g/mol. The normalized spacial score (nSPS) is 13.6. The van der Waals surface area contributed by atoms with Gasteiger partial charge in [-0.2, -0.15) is 0 Å². The molecule has 6 nitrogen and oxygen atoms in total. The fourth-order valence-corrected chi connectivity index (χ4v) is 4.97. The SMILES string of the molecule is O=C(O)Cc1ccc(Oc2ccc(NC(=O)c3ccc(Cl)c(Cl)c3)cc2)c(CCC(=O)C2CCCCC2)c1. The van der Waals surface area contributed by atoms with E-state index in [9.17, 15) is 19.5 Å². The number of carbonyl (C=O) groups is 3. The number of ketones is 1. The van der Waals surface area contributed by atoms with Crippen LogP contribution in [-0.4, -0.2) is 22.8 Å². The van der Waals surface area contributed by atoms with Crippen LogP contribution in [0.3, 0.4) is 0 Å². The Balaban J connectivity index is 1.44. The largest absolute Gasteiger partial charge is 0.481 e. The first kappa shape index (κ1) is 27.7. The van der Waals surface area contributed by atoms with E-state index in [1.54, 1.807) is 48.5 Å². The van der Waals surface area contributed by atoms with Crippen molar-refractivity contribution in [3.8, 4) is 11.5 Å². The van der Waals surface area contributed by atoms with Gasteiger partial charge in [0.2, 0.25) is 0 Å². The van der Waals surface area contributed by atoms with Crippen LogP contribution < -0.4 is 10.1 Å². The standard InChI is InChI=1S/C30H29Cl2NO5/c31-25-13-7-22(18-26(25)32)30(37)33-23-9-11-24(12-10-23)38-28-15-6-19(17-29(35)36)16-21(28)8-14-27(34)20-4-2-1-3-5-20/h6-7,9-13,15-16,18,20H,1-5,8,14,17H2,(H,33,37)(H,35,36). The van der Waals surface area contributed by atoms with Crippen molar-refractivity contribution in [1.29, 1.82) is 0 Å². The Bertz CT molecular complexity index is 1320. The van der Waals surface area contributed by atoms with Gasteiger partial charge in [-0.1, -0.05) is 54.6 Å². The number of ether oxygens (including phenoxy) is 1. The molecule has 8 heteroatoms. The van der Waals surface area contributed by atoms with Crippen LogP contribution in [0.15, 0.2) is 60.7 Å². The van der Waals surface area contributed by atoms with Crippen LogP contribution in [0.5, 0.6) is 11.5 Å². The van der Waals surface area contributed by atoms with Gasteiger partial charge in [0.1, 0.15) is 17.3 Å². The maximum atomic E-state index is 12.8. The van der Waals surface area contributed by atoms with E-state index in [2.05, 4.69) is 5.32 Å². The molecule has 0 heterocycles. The van der Waals surface area contributed by atoms with E-state index in [-0.39, 0.29) is 24.0 Å². The summed E-state index contributed by atoms with van der Waals surface area (Å²) in [5.74, 6) is 0.271. The lowest BCUT2D eigenvalue weighted by molar-refractivity contribution is -0.136. The van der Waals surface area contributed by atoms with Crippen molar-refractivity contribution in [2.45, 2.75) is 51.4 Å². The Morgan fingerprint density at radius 2 is 1.63 bits per heavy atom. The minimum absolute atomic E-state index is 0.100. The summed E-state index contributed by atoms with van der Waals surface area (Å²) in [5, 5.41) is 12.7. The first-order valence-corrected chi connectivity index (χ1v) is 13.4. The summed E-state index contributed by atoms with van der Waals surface area (Å²) in [5.41, 5.74) is 2.41. The predicted molar refractivity (Wildman–Crippen MR) is 149 cm³/mol. The lowest BCUT2D eigenvalue weighted by atomic mass is 9.84. The second-order valence-corrected chi connectivity index (χ2v) is 10.3. The Hall–Kier alpha value is -3.35. The van der Waals surface area contributed by atoms with E-state index in [0.29, 0.717) is 51.2 Å². The maximum Gasteiger partial charge on any atom is 0.307 e. The van der Waals surface area contributed by atoms with Crippen molar-refractivity contribution in [3.63, 3.8) is 0 Å². The molecule has 0 atom stereocenters. The molecule has 0 bridgehead atoms. The van der Waals surface area contributed by atoms with Gasteiger partial charge in [-0.3, -0.25) is 14.4 Å². The number of halogens is 2. The van der Waals surface area contributed by atoms with Crippen LogP contribution in [0.4, 0.5) is 5.69 Å². The summed E-state index contributed by atoms with van der Waals surface area (Å²) in [6, 6.07) is 16.8. The van der Waals surface area contributed by atoms with Gasteiger partial charge in [-0.15, -0.1) is 0 Å². The van der Waals surface area contributed by atoms with Crippen molar-refractivity contribution in [1.82, 2.24) is 0 Å². The molecule has 3 aromatic carbocycles. The Labute approximate surface area is 231 Å². The number of benzene rings is 3. The highest BCUT2D eigenvalue weighted by atomic mass is 35.5. The second-order valence-electron chi connectivity index (χ2n) is 9.52. The van der Waals surface area contributed by atoms with Crippen LogP contribution in [0.2, 0.25) is 10.0 Å². The van der Waals surface area contributed by atoms with Gasteiger partial charge in [0.15, 0.2) is 0 Å². The Kier molecular flexibility index (Phi) is 9.43. The average Bonchev–Trinajstić information content (AvgIpc) is 2.91. The summed E-state index contributed by atoms with van der Waals surface area (Å²) < 4.78 is 6.12. The monoisotopic (exact) mass is 553 g/mol. The lowest BCUT2D eigenvalue weighted by Crippen LogP contribution is -2.18. The highest BCUT2D eigenvalue weighted by molar-refractivity contribution is 6.42. The van der Waals surface area contributed by atoms with Gasteiger partial charge >= 0.3 is 5.97 Å². The number of amides is 1. The van der Waals surface area contributed by atoms with Crippen molar-refractivity contribution < 1.29 is 24.2 Å². The summed E-state index contributed by atoms with van der Waals surface area (Å²) >= 11 is 11.9. The van der Waals surface area contributed by atoms with E-state index >= 15 is 0 Å². The van der Waals surface area contributed by atoms with Crippen LogP contribution in [0.1, 0.15) is 60.0 Å². The first-order chi connectivity index (χ1) is 18.3. The molecule has 0 aliphatic heterocycles.